The van der Waals surface area contributed by atoms with Crippen LogP contribution in [0.5, 0.6) is 5.75 Å². The summed E-state index contributed by atoms with van der Waals surface area (Å²) in [5.41, 5.74) is 3.48. The van der Waals surface area contributed by atoms with Crippen molar-refractivity contribution in [2.45, 2.75) is 32.7 Å². The summed E-state index contributed by atoms with van der Waals surface area (Å²) < 4.78 is 5.18. The molecule has 1 heterocycles. The number of ether oxygens (including phenoxy) is 1. The van der Waals surface area contributed by atoms with Gasteiger partial charge in [0.2, 0.25) is 0 Å². The zero-order valence-electron chi connectivity index (χ0n) is 16.4. The zero-order chi connectivity index (χ0) is 19.2. The quantitative estimate of drug-likeness (QED) is 0.712. The number of nitrogens with zero attached hydrogens (tertiary/aromatic N) is 1. The van der Waals surface area contributed by atoms with Gasteiger partial charge in [0.1, 0.15) is 5.75 Å². The molecular formula is C22H29N3OS. The van der Waals surface area contributed by atoms with E-state index in [1.165, 1.54) is 24.1 Å². The Morgan fingerprint density at radius 3 is 2.48 bits per heavy atom. The first-order valence-corrected chi connectivity index (χ1v) is 10.0. The summed E-state index contributed by atoms with van der Waals surface area (Å²) in [6, 6.07) is 16.7. The lowest BCUT2D eigenvalue weighted by molar-refractivity contribution is 0.415. The summed E-state index contributed by atoms with van der Waals surface area (Å²) in [6.45, 7) is 6.78. The first-order valence-electron chi connectivity index (χ1n) is 9.61. The molecule has 2 atom stereocenters. The van der Waals surface area contributed by atoms with Crippen LogP contribution in [0.3, 0.4) is 0 Å². The van der Waals surface area contributed by atoms with Crippen molar-refractivity contribution in [1.29, 1.82) is 0 Å². The predicted molar refractivity (Wildman–Crippen MR) is 118 cm³/mol. The van der Waals surface area contributed by atoms with Crippen molar-refractivity contribution >= 4 is 28.7 Å². The van der Waals surface area contributed by atoms with Crippen molar-refractivity contribution in [3.8, 4) is 5.75 Å². The summed E-state index contributed by atoms with van der Waals surface area (Å²) >= 11 is 5.45. The van der Waals surface area contributed by atoms with Gasteiger partial charge in [-0.1, -0.05) is 19.1 Å². The smallest absolute Gasteiger partial charge is 0.171 e. The molecule has 1 saturated heterocycles. The second kappa shape index (κ2) is 9.09. The molecule has 5 heteroatoms. The molecule has 2 aromatic carbocycles. The second-order valence-electron chi connectivity index (χ2n) is 7.33. The lowest BCUT2D eigenvalue weighted by atomic mass is 9.99. The summed E-state index contributed by atoms with van der Waals surface area (Å²) in [5.74, 6) is 1.61. The van der Waals surface area contributed by atoms with Gasteiger partial charge < -0.3 is 20.3 Å². The number of anilines is 2. The third kappa shape index (κ3) is 5.36. The lowest BCUT2D eigenvalue weighted by Crippen LogP contribution is -2.34. The van der Waals surface area contributed by atoms with E-state index in [1.807, 2.05) is 24.3 Å². The van der Waals surface area contributed by atoms with Crippen LogP contribution in [0.15, 0.2) is 48.5 Å². The number of methoxy groups -OCH3 is 1. The third-order valence-electron chi connectivity index (χ3n) is 5.11. The fourth-order valence-electron chi connectivity index (χ4n) is 3.52. The van der Waals surface area contributed by atoms with Crippen LogP contribution in [-0.4, -0.2) is 25.3 Å². The largest absolute Gasteiger partial charge is 0.497 e. The van der Waals surface area contributed by atoms with E-state index in [0.29, 0.717) is 5.11 Å². The molecule has 4 nitrogen and oxygen atoms in total. The Morgan fingerprint density at radius 1 is 1.15 bits per heavy atom. The standard InChI is InChI=1S/C22H29N3OS/c1-16-5-4-14-25(15-16)20-10-6-18(7-11-20)17(2)23-22(27)24-19-8-12-21(26-3)13-9-19/h6-13,16-17H,4-5,14-15H2,1-3H3,(H2,23,24,27). The van der Waals surface area contributed by atoms with E-state index in [1.54, 1.807) is 7.11 Å². The number of rotatable bonds is 5. The number of piperidine rings is 1. The number of thiocarbonyl (C=S) groups is 1. The van der Waals surface area contributed by atoms with Crippen molar-refractivity contribution in [3.05, 3.63) is 54.1 Å². The van der Waals surface area contributed by atoms with Crippen molar-refractivity contribution in [1.82, 2.24) is 5.32 Å². The average Bonchev–Trinajstić information content (AvgIpc) is 2.68. The van der Waals surface area contributed by atoms with Crippen molar-refractivity contribution in [2.24, 2.45) is 5.92 Å². The summed E-state index contributed by atoms with van der Waals surface area (Å²) in [6.07, 6.45) is 2.63. The molecular weight excluding hydrogens is 354 g/mol. The molecule has 0 amide bonds. The molecule has 2 unspecified atom stereocenters. The van der Waals surface area contributed by atoms with Gasteiger partial charge >= 0.3 is 0 Å². The van der Waals surface area contributed by atoms with Crippen LogP contribution in [0.25, 0.3) is 0 Å². The van der Waals surface area contributed by atoms with Gasteiger partial charge in [-0.15, -0.1) is 0 Å². The molecule has 0 aliphatic carbocycles. The highest BCUT2D eigenvalue weighted by molar-refractivity contribution is 7.80. The summed E-state index contributed by atoms with van der Waals surface area (Å²) in [5, 5.41) is 7.19. The van der Waals surface area contributed by atoms with E-state index in [0.717, 1.165) is 30.4 Å². The minimum absolute atomic E-state index is 0.137. The molecule has 1 fully saturated rings. The molecule has 2 aromatic rings. The van der Waals surface area contributed by atoms with E-state index in [-0.39, 0.29) is 6.04 Å². The number of nitrogens with one attached hydrogen (secondary N) is 2. The highest BCUT2D eigenvalue weighted by atomic mass is 32.1. The predicted octanol–water partition coefficient (Wildman–Crippen LogP) is 4.98. The van der Waals surface area contributed by atoms with Gasteiger partial charge in [-0.2, -0.15) is 0 Å². The highest BCUT2D eigenvalue weighted by Crippen LogP contribution is 2.24. The normalized spacial score (nSPS) is 17.9. The van der Waals surface area contributed by atoms with Crippen LogP contribution in [-0.2, 0) is 0 Å². The molecule has 0 bridgehead atoms. The molecule has 0 aromatic heterocycles. The summed E-state index contributed by atoms with van der Waals surface area (Å²) in [4.78, 5) is 2.49. The highest BCUT2D eigenvalue weighted by Gasteiger charge is 2.17. The molecule has 27 heavy (non-hydrogen) atoms. The van der Waals surface area contributed by atoms with Gasteiger partial charge in [-0.25, -0.2) is 0 Å². The topological polar surface area (TPSA) is 36.5 Å². The Labute approximate surface area is 167 Å². The second-order valence-corrected chi connectivity index (χ2v) is 7.74. The molecule has 1 aliphatic heterocycles. The minimum Gasteiger partial charge on any atom is -0.497 e. The molecule has 1 aliphatic rings. The SMILES string of the molecule is COc1ccc(NC(=S)NC(C)c2ccc(N3CCCC(C)C3)cc2)cc1. The first kappa shape index (κ1) is 19.5. The average molecular weight is 384 g/mol. The van der Waals surface area contributed by atoms with Crippen molar-refractivity contribution < 1.29 is 4.74 Å². The first-order chi connectivity index (χ1) is 13.0. The van der Waals surface area contributed by atoms with Gasteiger partial charge in [0.25, 0.3) is 0 Å². The lowest BCUT2D eigenvalue weighted by Gasteiger charge is -2.33. The van der Waals surface area contributed by atoms with Crippen LogP contribution in [0.1, 0.15) is 38.3 Å². The Hall–Kier alpha value is -2.27. The van der Waals surface area contributed by atoms with Gasteiger partial charge in [0.05, 0.1) is 13.2 Å². The molecule has 0 saturated carbocycles. The molecule has 0 radical (unpaired) electrons. The van der Waals surface area contributed by atoms with Crippen molar-refractivity contribution in [3.63, 3.8) is 0 Å². The van der Waals surface area contributed by atoms with E-state index in [9.17, 15) is 0 Å². The fraction of sp³-hybridized carbons (Fsp3) is 0.409. The maximum atomic E-state index is 5.45. The van der Waals surface area contributed by atoms with Crippen LogP contribution in [0, 0.1) is 5.92 Å². The van der Waals surface area contributed by atoms with E-state index >= 15 is 0 Å². The van der Waals surface area contributed by atoms with Crippen LogP contribution >= 0.6 is 12.2 Å². The monoisotopic (exact) mass is 383 g/mol. The number of hydrogen-bond acceptors (Lipinski definition) is 3. The third-order valence-corrected chi connectivity index (χ3v) is 5.33. The van der Waals surface area contributed by atoms with Crippen LogP contribution in [0.4, 0.5) is 11.4 Å². The Morgan fingerprint density at radius 2 is 1.85 bits per heavy atom. The molecule has 3 rings (SSSR count). The van der Waals surface area contributed by atoms with Gasteiger partial charge in [0, 0.05) is 24.5 Å². The van der Waals surface area contributed by atoms with Gasteiger partial charge in [0.15, 0.2) is 5.11 Å². The Bertz CT molecular complexity index is 745. The summed E-state index contributed by atoms with van der Waals surface area (Å²) in [7, 11) is 1.66. The van der Waals surface area contributed by atoms with Crippen LogP contribution in [0.2, 0.25) is 0 Å². The van der Waals surface area contributed by atoms with Crippen molar-refractivity contribution in [2.75, 3.05) is 30.4 Å². The van der Waals surface area contributed by atoms with Gasteiger partial charge in [-0.05, 0) is 79.9 Å². The van der Waals surface area contributed by atoms with Crippen LogP contribution < -0.4 is 20.3 Å². The maximum absolute atomic E-state index is 5.45. The number of benzene rings is 2. The molecule has 0 spiro atoms. The fourth-order valence-corrected chi connectivity index (χ4v) is 3.81. The number of hydrogen-bond donors (Lipinski definition) is 2. The molecule has 144 valence electrons. The van der Waals surface area contributed by atoms with E-state index in [4.69, 9.17) is 17.0 Å². The Balaban J connectivity index is 1.55. The van der Waals surface area contributed by atoms with E-state index in [2.05, 4.69) is 53.6 Å². The minimum atomic E-state index is 0.137. The zero-order valence-corrected chi connectivity index (χ0v) is 17.2. The van der Waals surface area contributed by atoms with E-state index < -0.39 is 0 Å². The van der Waals surface area contributed by atoms with Gasteiger partial charge in [-0.3, -0.25) is 0 Å². The molecule has 2 N–H and O–H groups in total. The maximum Gasteiger partial charge on any atom is 0.171 e. The Kier molecular flexibility index (Phi) is 6.56.